The number of aromatic nitrogens is 2. The van der Waals surface area contributed by atoms with Crippen molar-refractivity contribution in [2.75, 3.05) is 5.32 Å². The summed E-state index contributed by atoms with van der Waals surface area (Å²) in [7, 11) is 0. The second-order valence-electron chi connectivity index (χ2n) is 3.51. The minimum atomic E-state index is 0.601. The normalized spacial score (nSPS) is 9.94. The highest BCUT2D eigenvalue weighted by Gasteiger charge is 2.04. The molecule has 1 aromatic carbocycles. The monoisotopic (exact) mass is 290 g/mol. The first-order chi connectivity index (χ1) is 8.22. The summed E-state index contributed by atoms with van der Waals surface area (Å²) in [6, 6.07) is 7.71. The summed E-state index contributed by atoms with van der Waals surface area (Å²) in [5.74, 6) is 0. The van der Waals surface area contributed by atoms with E-state index in [-0.39, 0.29) is 0 Å². The summed E-state index contributed by atoms with van der Waals surface area (Å²) in [4.78, 5) is 0. The molecule has 1 heterocycles. The van der Waals surface area contributed by atoms with Gasteiger partial charge in [-0.25, -0.2) is 0 Å². The van der Waals surface area contributed by atoms with Gasteiger partial charge in [-0.3, -0.25) is 4.68 Å². The number of hydrogen-bond acceptors (Lipinski definition) is 3. The molecule has 0 aliphatic heterocycles. The average Bonchev–Trinajstić information content (AvgIpc) is 2.79. The van der Waals surface area contributed by atoms with E-state index >= 15 is 0 Å². The van der Waals surface area contributed by atoms with Crippen LogP contribution in [-0.4, -0.2) is 9.78 Å². The molecule has 0 bridgehead atoms. The van der Waals surface area contributed by atoms with E-state index in [0.717, 1.165) is 22.4 Å². The molecule has 0 saturated carbocycles. The fraction of sp³-hybridized carbons (Fsp3) is 0.167. The zero-order chi connectivity index (χ0) is 12.3. The van der Waals surface area contributed by atoms with Crippen LogP contribution in [0.3, 0.4) is 0 Å². The van der Waals surface area contributed by atoms with Crippen molar-refractivity contribution in [3.05, 3.63) is 40.6 Å². The van der Waals surface area contributed by atoms with Crippen LogP contribution in [0.2, 0.25) is 0 Å². The molecular formula is C12H11BrN4. The molecule has 1 aromatic heterocycles. The van der Waals surface area contributed by atoms with Gasteiger partial charge in [-0.1, -0.05) is 15.9 Å². The molecule has 0 spiro atoms. The Balaban J connectivity index is 2.27. The van der Waals surface area contributed by atoms with E-state index < -0.39 is 0 Å². The van der Waals surface area contributed by atoms with Crippen LogP contribution in [0, 0.1) is 11.3 Å². The second kappa shape index (κ2) is 5.02. The molecule has 0 fully saturated rings. The van der Waals surface area contributed by atoms with Gasteiger partial charge in [0.2, 0.25) is 0 Å². The minimum absolute atomic E-state index is 0.601. The molecule has 0 aliphatic carbocycles. The van der Waals surface area contributed by atoms with Crippen LogP contribution in [0.15, 0.2) is 35.1 Å². The van der Waals surface area contributed by atoms with Gasteiger partial charge in [-0.2, -0.15) is 10.4 Å². The van der Waals surface area contributed by atoms with E-state index in [1.54, 1.807) is 12.3 Å². The highest BCUT2D eigenvalue weighted by Crippen LogP contribution is 2.23. The molecule has 1 N–H and O–H groups in total. The first kappa shape index (κ1) is 11.7. The number of nitrogens with zero attached hydrogens (tertiary/aromatic N) is 3. The molecule has 17 heavy (non-hydrogen) atoms. The van der Waals surface area contributed by atoms with Crippen molar-refractivity contribution in [3.63, 3.8) is 0 Å². The molecule has 86 valence electrons. The predicted octanol–water partition coefficient (Wildman–Crippen LogP) is 3.28. The summed E-state index contributed by atoms with van der Waals surface area (Å²) in [6.07, 6.45) is 3.65. The van der Waals surface area contributed by atoms with Gasteiger partial charge in [-0.15, -0.1) is 0 Å². The third kappa shape index (κ3) is 2.66. The van der Waals surface area contributed by atoms with Crippen molar-refractivity contribution < 1.29 is 0 Å². The summed E-state index contributed by atoms with van der Waals surface area (Å²) in [5.41, 5.74) is 2.26. The Kier molecular flexibility index (Phi) is 3.45. The van der Waals surface area contributed by atoms with Crippen molar-refractivity contribution in [1.82, 2.24) is 9.78 Å². The van der Waals surface area contributed by atoms with E-state index in [1.807, 2.05) is 29.9 Å². The third-order valence-electron chi connectivity index (χ3n) is 2.34. The second-order valence-corrected chi connectivity index (χ2v) is 4.43. The van der Waals surface area contributed by atoms with Gasteiger partial charge in [0.25, 0.3) is 0 Å². The van der Waals surface area contributed by atoms with E-state index in [2.05, 4.69) is 32.4 Å². The molecule has 0 amide bonds. The zero-order valence-electron chi connectivity index (χ0n) is 9.31. The fourth-order valence-electron chi connectivity index (χ4n) is 1.47. The number of rotatable bonds is 3. The van der Waals surface area contributed by atoms with Crippen LogP contribution in [0.1, 0.15) is 12.5 Å². The lowest BCUT2D eigenvalue weighted by Crippen LogP contribution is -1.94. The lowest BCUT2D eigenvalue weighted by atomic mass is 10.2. The van der Waals surface area contributed by atoms with Crippen molar-refractivity contribution in [1.29, 1.82) is 5.26 Å². The van der Waals surface area contributed by atoms with Crippen LogP contribution in [0.4, 0.5) is 11.4 Å². The highest BCUT2D eigenvalue weighted by molar-refractivity contribution is 9.10. The SMILES string of the molecule is CCn1cc(Nc2ccc(Br)cc2C#N)cn1. The molecular weight excluding hydrogens is 280 g/mol. The van der Waals surface area contributed by atoms with Crippen molar-refractivity contribution in [2.45, 2.75) is 13.5 Å². The van der Waals surface area contributed by atoms with Gasteiger partial charge in [0.15, 0.2) is 0 Å². The Morgan fingerprint density at radius 3 is 3.00 bits per heavy atom. The minimum Gasteiger partial charge on any atom is -0.352 e. The fourth-order valence-corrected chi connectivity index (χ4v) is 1.84. The molecule has 0 unspecified atom stereocenters. The summed E-state index contributed by atoms with van der Waals surface area (Å²) >= 11 is 3.34. The smallest absolute Gasteiger partial charge is 0.101 e. The molecule has 0 aliphatic rings. The first-order valence-electron chi connectivity index (χ1n) is 5.22. The van der Waals surface area contributed by atoms with Gasteiger partial charge in [0.1, 0.15) is 6.07 Å². The topological polar surface area (TPSA) is 53.6 Å². The number of halogens is 1. The summed E-state index contributed by atoms with van der Waals surface area (Å²) in [6.45, 7) is 2.85. The number of nitrogens with one attached hydrogen (secondary N) is 1. The highest BCUT2D eigenvalue weighted by atomic mass is 79.9. The largest absolute Gasteiger partial charge is 0.352 e. The number of anilines is 2. The molecule has 2 aromatic rings. The van der Waals surface area contributed by atoms with E-state index in [1.165, 1.54) is 0 Å². The third-order valence-corrected chi connectivity index (χ3v) is 2.83. The number of nitriles is 1. The van der Waals surface area contributed by atoms with Gasteiger partial charge >= 0.3 is 0 Å². The maximum atomic E-state index is 9.04. The Hall–Kier alpha value is -1.80. The number of aryl methyl sites for hydroxylation is 1. The lowest BCUT2D eigenvalue weighted by molar-refractivity contribution is 0.660. The Labute approximate surface area is 108 Å². The van der Waals surface area contributed by atoms with Gasteiger partial charge in [-0.05, 0) is 25.1 Å². The Morgan fingerprint density at radius 2 is 2.35 bits per heavy atom. The van der Waals surface area contributed by atoms with Crippen molar-refractivity contribution in [2.24, 2.45) is 0 Å². The van der Waals surface area contributed by atoms with Crippen molar-refractivity contribution >= 4 is 27.3 Å². The maximum Gasteiger partial charge on any atom is 0.101 e. The molecule has 0 radical (unpaired) electrons. The number of benzene rings is 1. The van der Waals surface area contributed by atoms with Gasteiger partial charge in [0, 0.05) is 17.2 Å². The van der Waals surface area contributed by atoms with Crippen LogP contribution in [0.25, 0.3) is 0 Å². The molecule has 4 nitrogen and oxygen atoms in total. The Morgan fingerprint density at radius 1 is 1.53 bits per heavy atom. The van der Waals surface area contributed by atoms with E-state index in [9.17, 15) is 0 Å². The van der Waals surface area contributed by atoms with E-state index in [4.69, 9.17) is 5.26 Å². The standard InChI is InChI=1S/C12H11BrN4/c1-2-17-8-11(7-15-17)16-12-4-3-10(13)5-9(12)6-14/h3-5,7-8,16H,2H2,1H3. The quantitative estimate of drug-likeness (QED) is 0.944. The lowest BCUT2D eigenvalue weighted by Gasteiger charge is -2.05. The molecule has 2 rings (SSSR count). The average molecular weight is 291 g/mol. The number of hydrogen-bond donors (Lipinski definition) is 1. The Bertz CT molecular complexity index is 568. The zero-order valence-corrected chi connectivity index (χ0v) is 10.9. The van der Waals surface area contributed by atoms with Crippen molar-refractivity contribution in [3.8, 4) is 6.07 Å². The summed E-state index contributed by atoms with van der Waals surface area (Å²) in [5, 5.41) is 16.4. The van der Waals surface area contributed by atoms with Gasteiger partial charge < -0.3 is 5.32 Å². The summed E-state index contributed by atoms with van der Waals surface area (Å²) < 4.78 is 2.72. The molecule has 0 saturated heterocycles. The van der Waals surface area contributed by atoms with Crippen LogP contribution in [0.5, 0.6) is 0 Å². The molecule has 0 atom stereocenters. The predicted molar refractivity (Wildman–Crippen MR) is 70.0 cm³/mol. The van der Waals surface area contributed by atoms with Crippen LogP contribution in [-0.2, 0) is 6.54 Å². The van der Waals surface area contributed by atoms with Crippen LogP contribution < -0.4 is 5.32 Å². The molecule has 5 heteroatoms. The van der Waals surface area contributed by atoms with Crippen LogP contribution >= 0.6 is 15.9 Å². The van der Waals surface area contributed by atoms with Gasteiger partial charge in [0.05, 0.1) is 23.1 Å². The van der Waals surface area contributed by atoms with E-state index in [0.29, 0.717) is 5.56 Å². The first-order valence-corrected chi connectivity index (χ1v) is 6.01. The maximum absolute atomic E-state index is 9.04.